The number of aliphatic hydroxyl groups is 1. The first-order valence-electron chi connectivity index (χ1n) is 10.6. The fourth-order valence-corrected chi connectivity index (χ4v) is 4.55. The van der Waals surface area contributed by atoms with Crippen LogP contribution < -0.4 is 5.32 Å². The third-order valence-electron chi connectivity index (χ3n) is 5.94. The predicted molar refractivity (Wildman–Crippen MR) is 119 cm³/mol. The van der Waals surface area contributed by atoms with Crippen molar-refractivity contribution in [3.8, 4) is 0 Å². The maximum absolute atomic E-state index is 10.3. The third-order valence-corrected chi connectivity index (χ3v) is 5.94. The zero-order chi connectivity index (χ0) is 19.9. The fraction of sp³-hybridized carbons (Fsp3) is 0.308. The highest BCUT2D eigenvalue weighted by atomic mass is 16.3. The first-order chi connectivity index (χ1) is 14.3. The molecular formula is C26H30N2O. The van der Waals surface area contributed by atoms with Gasteiger partial charge in [-0.25, -0.2) is 0 Å². The van der Waals surface area contributed by atoms with Crippen LogP contribution >= 0.6 is 0 Å². The van der Waals surface area contributed by atoms with E-state index in [1.54, 1.807) is 0 Å². The molecule has 1 unspecified atom stereocenters. The lowest BCUT2D eigenvalue weighted by Gasteiger charge is -2.40. The predicted octanol–water partition coefficient (Wildman–Crippen LogP) is 4.02. The molecule has 2 N–H and O–H groups in total. The lowest BCUT2D eigenvalue weighted by atomic mass is 9.76. The lowest BCUT2D eigenvalue weighted by molar-refractivity contribution is 0.180. The molecule has 4 rings (SSSR count). The van der Waals surface area contributed by atoms with Crippen molar-refractivity contribution < 1.29 is 5.11 Å². The van der Waals surface area contributed by atoms with Crippen molar-refractivity contribution in [2.75, 3.05) is 26.2 Å². The zero-order valence-corrected chi connectivity index (χ0v) is 16.9. The molecule has 0 bridgehead atoms. The topological polar surface area (TPSA) is 35.5 Å². The number of hydrogen-bond donors (Lipinski definition) is 2. The molecule has 3 aromatic carbocycles. The van der Waals surface area contributed by atoms with E-state index < -0.39 is 5.54 Å². The van der Waals surface area contributed by atoms with E-state index in [0.29, 0.717) is 0 Å². The van der Waals surface area contributed by atoms with E-state index in [4.69, 9.17) is 0 Å². The van der Waals surface area contributed by atoms with Gasteiger partial charge >= 0.3 is 0 Å². The Morgan fingerprint density at radius 3 is 1.52 bits per heavy atom. The summed E-state index contributed by atoms with van der Waals surface area (Å²) in [5.74, 6) is 0. The molecule has 1 aliphatic heterocycles. The van der Waals surface area contributed by atoms with Gasteiger partial charge < -0.3 is 10.0 Å². The number of nitrogens with zero attached hydrogens (tertiary/aromatic N) is 1. The molecule has 3 nitrogen and oxygen atoms in total. The Hall–Kier alpha value is -2.46. The molecule has 3 aromatic rings. The van der Waals surface area contributed by atoms with Crippen LogP contribution in [0.1, 0.15) is 29.5 Å². The highest BCUT2D eigenvalue weighted by Gasteiger charge is 2.38. The SMILES string of the molecule is OCC(CN1CCCC1)NC(c1ccccc1)(c1ccccc1)c1ccccc1. The summed E-state index contributed by atoms with van der Waals surface area (Å²) in [6.07, 6.45) is 2.50. The van der Waals surface area contributed by atoms with Gasteiger partial charge in [-0.05, 0) is 42.6 Å². The highest BCUT2D eigenvalue weighted by Crippen LogP contribution is 2.37. The van der Waals surface area contributed by atoms with Gasteiger partial charge in [0, 0.05) is 12.6 Å². The van der Waals surface area contributed by atoms with E-state index in [0.717, 1.165) is 19.6 Å². The summed E-state index contributed by atoms with van der Waals surface area (Å²) in [5.41, 5.74) is 3.00. The molecule has 1 atom stereocenters. The summed E-state index contributed by atoms with van der Waals surface area (Å²) in [7, 11) is 0. The Balaban J connectivity index is 1.83. The molecule has 0 aliphatic carbocycles. The second-order valence-electron chi connectivity index (χ2n) is 7.88. The standard InChI is InChI=1S/C26H30N2O/c29-21-25(20-28-18-10-11-19-28)27-26(22-12-4-1-5-13-22,23-14-6-2-7-15-23)24-16-8-3-9-17-24/h1-9,12-17,25,27,29H,10-11,18-21H2. The van der Waals surface area contributed by atoms with E-state index in [1.165, 1.54) is 29.5 Å². The van der Waals surface area contributed by atoms with Gasteiger partial charge in [0.2, 0.25) is 0 Å². The molecule has 1 heterocycles. The van der Waals surface area contributed by atoms with Gasteiger partial charge in [0.25, 0.3) is 0 Å². The molecule has 1 saturated heterocycles. The number of likely N-dealkylation sites (tertiary alicyclic amines) is 1. The van der Waals surface area contributed by atoms with E-state index >= 15 is 0 Å². The summed E-state index contributed by atoms with van der Waals surface area (Å²) in [5, 5.41) is 14.2. The van der Waals surface area contributed by atoms with Crippen LogP contribution in [0.4, 0.5) is 0 Å². The van der Waals surface area contributed by atoms with Gasteiger partial charge in [-0.2, -0.15) is 0 Å². The van der Waals surface area contributed by atoms with Gasteiger partial charge in [-0.3, -0.25) is 5.32 Å². The van der Waals surface area contributed by atoms with Crippen LogP contribution in [-0.4, -0.2) is 42.3 Å². The Labute approximate surface area is 174 Å². The minimum absolute atomic E-state index is 0.0336. The van der Waals surface area contributed by atoms with E-state index in [2.05, 4.69) is 101 Å². The molecule has 3 heteroatoms. The van der Waals surface area contributed by atoms with Crippen molar-refractivity contribution in [3.63, 3.8) is 0 Å². The molecule has 29 heavy (non-hydrogen) atoms. The Bertz CT molecular complexity index is 764. The number of benzene rings is 3. The molecule has 0 saturated carbocycles. The van der Waals surface area contributed by atoms with E-state index in [9.17, 15) is 5.11 Å². The zero-order valence-electron chi connectivity index (χ0n) is 16.9. The third kappa shape index (κ3) is 4.27. The molecule has 1 aliphatic rings. The lowest BCUT2D eigenvalue weighted by Crippen LogP contribution is -2.54. The molecule has 0 radical (unpaired) electrons. The van der Waals surface area contributed by atoms with Crippen molar-refractivity contribution in [3.05, 3.63) is 108 Å². The maximum Gasteiger partial charge on any atom is 0.0951 e. The Morgan fingerprint density at radius 2 is 1.14 bits per heavy atom. The van der Waals surface area contributed by atoms with Gasteiger partial charge in [-0.1, -0.05) is 91.0 Å². The quantitative estimate of drug-likeness (QED) is 0.574. The van der Waals surface area contributed by atoms with Crippen molar-refractivity contribution >= 4 is 0 Å². The number of hydrogen-bond acceptors (Lipinski definition) is 3. The van der Waals surface area contributed by atoms with Crippen molar-refractivity contribution in [2.24, 2.45) is 0 Å². The van der Waals surface area contributed by atoms with E-state index in [-0.39, 0.29) is 12.6 Å². The van der Waals surface area contributed by atoms with Gasteiger partial charge in [0.15, 0.2) is 0 Å². The monoisotopic (exact) mass is 386 g/mol. The fourth-order valence-electron chi connectivity index (χ4n) is 4.55. The summed E-state index contributed by atoms with van der Waals surface area (Å²) in [6.45, 7) is 3.19. The average molecular weight is 387 g/mol. The highest BCUT2D eigenvalue weighted by molar-refractivity contribution is 5.49. The number of nitrogens with one attached hydrogen (secondary N) is 1. The van der Waals surface area contributed by atoms with Crippen LogP contribution in [0.3, 0.4) is 0 Å². The number of rotatable bonds is 8. The minimum atomic E-state index is -0.531. The minimum Gasteiger partial charge on any atom is -0.395 e. The molecule has 1 fully saturated rings. The summed E-state index contributed by atoms with van der Waals surface area (Å²) >= 11 is 0. The van der Waals surface area contributed by atoms with Crippen LogP contribution in [0.25, 0.3) is 0 Å². The van der Waals surface area contributed by atoms with Gasteiger partial charge in [0.1, 0.15) is 0 Å². The molecule has 0 aromatic heterocycles. The maximum atomic E-state index is 10.3. The second kappa shape index (κ2) is 9.36. The summed E-state index contributed by atoms with van der Waals surface area (Å²) < 4.78 is 0. The van der Waals surface area contributed by atoms with Crippen LogP contribution in [0, 0.1) is 0 Å². The molecule has 150 valence electrons. The second-order valence-corrected chi connectivity index (χ2v) is 7.88. The van der Waals surface area contributed by atoms with Crippen molar-refractivity contribution in [1.29, 1.82) is 0 Å². The van der Waals surface area contributed by atoms with Crippen LogP contribution in [-0.2, 0) is 5.54 Å². The summed E-state index contributed by atoms with van der Waals surface area (Å²) in [4.78, 5) is 2.46. The van der Waals surface area contributed by atoms with Crippen LogP contribution in [0.2, 0.25) is 0 Å². The Kier molecular flexibility index (Phi) is 6.40. The first-order valence-corrected chi connectivity index (χ1v) is 10.6. The van der Waals surface area contributed by atoms with E-state index in [1.807, 2.05) is 0 Å². The molecule has 0 spiro atoms. The molecule has 0 amide bonds. The molecular weight excluding hydrogens is 356 g/mol. The van der Waals surface area contributed by atoms with Crippen molar-refractivity contribution in [1.82, 2.24) is 10.2 Å². The average Bonchev–Trinajstić information content (AvgIpc) is 3.31. The Morgan fingerprint density at radius 1 is 0.724 bits per heavy atom. The number of aliphatic hydroxyl groups excluding tert-OH is 1. The van der Waals surface area contributed by atoms with Crippen molar-refractivity contribution in [2.45, 2.75) is 24.4 Å². The van der Waals surface area contributed by atoms with Gasteiger partial charge in [-0.15, -0.1) is 0 Å². The van der Waals surface area contributed by atoms with Crippen LogP contribution in [0.5, 0.6) is 0 Å². The van der Waals surface area contributed by atoms with Gasteiger partial charge in [0.05, 0.1) is 12.1 Å². The smallest absolute Gasteiger partial charge is 0.0951 e. The largest absolute Gasteiger partial charge is 0.395 e. The first kappa shape index (κ1) is 19.8. The van der Waals surface area contributed by atoms with Crippen LogP contribution in [0.15, 0.2) is 91.0 Å². The summed E-state index contributed by atoms with van der Waals surface area (Å²) in [6, 6.07) is 31.7. The normalized spacial score (nSPS) is 16.0.